The number of nitrogens with one attached hydrogen (secondary N) is 1. The molecule has 0 saturated carbocycles. The summed E-state index contributed by atoms with van der Waals surface area (Å²) in [5, 5.41) is 3.33. The third kappa shape index (κ3) is 3.90. The summed E-state index contributed by atoms with van der Waals surface area (Å²) in [5.74, 6) is 1.51. The quantitative estimate of drug-likeness (QED) is 0.730. The van der Waals surface area contributed by atoms with Gasteiger partial charge >= 0.3 is 0 Å². The first kappa shape index (κ1) is 16.0. The Morgan fingerprint density at radius 2 is 1.71 bits per heavy atom. The Hall–Kier alpha value is -2.88. The Kier molecular flexibility index (Phi) is 5.06. The summed E-state index contributed by atoms with van der Waals surface area (Å²) in [6.07, 6.45) is 2.76. The molecule has 3 aromatic rings. The molecule has 122 valence electrons. The molecule has 0 radical (unpaired) electrons. The number of nitrogens with zero attached hydrogens (tertiary/aromatic N) is 3. The van der Waals surface area contributed by atoms with Gasteiger partial charge in [-0.2, -0.15) is 4.98 Å². The van der Waals surface area contributed by atoms with Gasteiger partial charge in [-0.25, -0.2) is 4.98 Å². The molecular formula is C20H22N4. The molecule has 0 aliphatic heterocycles. The van der Waals surface area contributed by atoms with E-state index in [1.54, 1.807) is 6.20 Å². The third-order valence-electron chi connectivity index (χ3n) is 3.94. The molecule has 0 atom stereocenters. The van der Waals surface area contributed by atoms with Gasteiger partial charge in [0.2, 0.25) is 5.95 Å². The maximum atomic E-state index is 4.64. The SMILES string of the molecule is CCc1ccccc1Nc1nccc(N(C)Cc2ccccc2)n1. The lowest BCUT2D eigenvalue weighted by Crippen LogP contribution is -2.18. The summed E-state index contributed by atoms with van der Waals surface area (Å²) >= 11 is 0. The summed E-state index contributed by atoms with van der Waals surface area (Å²) in [6.45, 7) is 2.95. The Bertz CT molecular complexity index is 786. The van der Waals surface area contributed by atoms with Crippen molar-refractivity contribution in [2.24, 2.45) is 0 Å². The van der Waals surface area contributed by atoms with Crippen molar-refractivity contribution < 1.29 is 0 Å². The molecule has 4 nitrogen and oxygen atoms in total. The van der Waals surface area contributed by atoms with Crippen LogP contribution >= 0.6 is 0 Å². The van der Waals surface area contributed by atoms with Crippen molar-refractivity contribution in [2.75, 3.05) is 17.3 Å². The standard InChI is InChI=1S/C20H22N4/c1-3-17-11-7-8-12-18(17)22-20-21-14-13-19(23-20)24(2)15-16-9-5-4-6-10-16/h4-14H,3,15H2,1-2H3,(H,21,22,23). The molecule has 0 spiro atoms. The van der Waals surface area contributed by atoms with Crippen LogP contribution < -0.4 is 10.2 Å². The molecule has 2 aromatic carbocycles. The van der Waals surface area contributed by atoms with Gasteiger partial charge < -0.3 is 10.2 Å². The average Bonchev–Trinajstić information content (AvgIpc) is 2.63. The summed E-state index contributed by atoms with van der Waals surface area (Å²) in [7, 11) is 2.04. The van der Waals surface area contributed by atoms with E-state index < -0.39 is 0 Å². The van der Waals surface area contributed by atoms with E-state index in [1.807, 2.05) is 25.2 Å². The predicted molar refractivity (Wildman–Crippen MR) is 99.7 cm³/mol. The molecule has 24 heavy (non-hydrogen) atoms. The van der Waals surface area contributed by atoms with E-state index in [4.69, 9.17) is 0 Å². The second kappa shape index (κ2) is 7.59. The number of benzene rings is 2. The molecule has 0 aliphatic carbocycles. The van der Waals surface area contributed by atoms with E-state index in [1.165, 1.54) is 11.1 Å². The van der Waals surface area contributed by atoms with Crippen LogP contribution in [0.3, 0.4) is 0 Å². The van der Waals surface area contributed by atoms with Gasteiger partial charge in [-0.3, -0.25) is 0 Å². The Labute approximate surface area is 143 Å². The Morgan fingerprint density at radius 1 is 0.958 bits per heavy atom. The lowest BCUT2D eigenvalue weighted by Gasteiger charge is -2.19. The van der Waals surface area contributed by atoms with Crippen molar-refractivity contribution in [3.05, 3.63) is 78.0 Å². The molecule has 3 rings (SSSR count). The van der Waals surface area contributed by atoms with Crippen LogP contribution in [0.4, 0.5) is 17.5 Å². The van der Waals surface area contributed by atoms with Gasteiger partial charge in [-0.15, -0.1) is 0 Å². The minimum absolute atomic E-state index is 0.619. The van der Waals surface area contributed by atoms with Crippen molar-refractivity contribution in [3.8, 4) is 0 Å². The molecular weight excluding hydrogens is 296 g/mol. The second-order valence-corrected chi connectivity index (χ2v) is 5.72. The number of hydrogen-bond acceptors (Lipinski definition) is 4. The first-order valence-corrected chi connectivity index (χ1v) is 8.19. The highest BCUT2D eigenvalue weighted by Crippen LogP contribution is 2.20. The summed E-state index contributed by atoms with van der Waals surface area (Å²) in [5.41, 5.74) is 3.57. The fraction of sp³-hybridized carbons (Fsp3) is 0.200. The van der Waals surface area contributed by atoms with E-state index in [9.17, 15) is 0 Å². The fourth-order valence-corrected chi connectivity index (χ4v) is 2.63. The van der Waals surface area contributed by atoms with E-state index in [2.05, 4.69) is 69.6 Å². The van der Waals surface area contributed by atoms with Gasteiger partial charge in [0.05, 0.1) is 0 Å². The molecule has 0 aliphatic rings. The minimum atomic E-state index is 0.619. The van der Waals surface area contributed by atoms with Gasteiger partial charge in [0.25, 0.3) is 0 Å². The molecule has 1 N–H and O–H groups in total. The van der Waals surface area contributed by atoms with Gasteiger partial charge in [0.15, 0.2) is 0 Å². The monoisotopic (exact) mass is 318 g/mol. The van der Waals surface area contributed by atoms with E-state index in [0.717, 1.165) is 24.5 Å². The minimum Gasteiger partial charge on any atom is -0.355 e. The third-order valence-corrected chi connectivity index (χ3v) is 3.94. The molecule has 1 aromatic heterocycles. The van der Waals surface area contributed by atoms with Crippen LogP contribution in [0.15, 0.2) is 66.9 Å². The van der Waals surface area contributed by atoms with Crippen LogP contribution in [0.1, 0.15) is 18.1 Å². The molecule has 4 heteroatoms. The van der Waals surface area contributed by atoms with Crippen molar-refractivity contribution in [2.45, 2.75) is 19.9 Å². The lowest BCUT2D eigenvalue weighted by molar-refractivity contribution is 0.893. The zero-order chi connectivity index (χ0) is 16.8. The maximum Gasteiger partial charge on any atom is 0.229 e. The number of rotatable bonds is 6. The van der Waals surface area contributed by atoms with E-state index in [-0.39, 0.29) is 0 Å². The van der Waals surface area contributed by atoms with Crippen LogP contribution in [0.2, 0.25) is 0 Å². The van der Waals surface area contributed by atoms with Crippen molar-refractivity contribution in [3.63, 3.8) is 0 Å². The largest absolute Gasteiger partial charge is 0.355 e. The van der Waals surface area contributed by atoms with Crippen molar-refractivity contribution >= 4 is 17.5 Å². The first-order chi connectivity index (χ1) is 11.8. The van der Waals surface area contributed by atoms with Crippen LogP contribution in [-0.4, -0.2) is 17.0 Å². The first-order valence-electron chi connectivity index (χ1n) is 8.19. The van der Waals surface area contributed by atoms with Crippen molar-refractivity contribution in [1.29, 1.82) is 0 Å². The molecule has 0 unspecified atom stereocenters. The second-order valence-electron chi connectivity index (χ2n) is 5.72. The van der Waals surface area contributed by atoms with E-state index in [0.29, 0.717) is 5.95 Å². The van der Waals surface area contributed by atoms with Crippen LogP contribution in [-0.2, 0) is 13.0 Å². The Morgan fingerprint density at radius 3 is 2.50 bits per heavy atom. The lowest BCUT2D eigenvalue weighted by atomic mass is 10.1. The van der Waals surface area contributed by atoms with Crippen LogP contribution in [0.5, 0.6) is 0 Å². The zero-order valence-electron chi connectivity index (χ0n) is 14.1. The van der Waals surface area contributed by atoms with Crippen LogP contribution in [0.25, 0.3) is 0 Å². The number of anilines is 3. The highest BCUT2D eigenvalue weighted by molar-refractivity contribution is 5.59. The maximum absolute atomic E-state index is 4.64. The van der Waals surface area contributed by atoms with Crippen LogP contribution in [0, 0.1) is 0 Å². The van der Waals surface area contributed by atoms with Gasteiger partial charge in [0.1, 0.15) is 5.82 Å². The summed E-state index contributed by atoms with van der Waals surface area (Å²) in [6, 6.07) is 20.6. The highest BCUT2D eigenvalue weighted by atomic mass is 15.2. The van der Waals surface area contributed by atoms with Crippen molar-refractivity contribution in [1.82, 2.24) is 9.97 Å². The zero-order valence-corrected chi connectivity index (χ0v) is 14.1. The summed E-state index contributed by atoms with van der Waals surface area (Å²) in [4.78, 5) is 11.1. The predicted octanol–water partition coefficient (Wildman–Crippen LogP) is 4.42. The van der Waals surface area contributed by atoms with Gasteiger partial charge in [-0.1, -0.05) is 55.5 Å². The topological polar surface area (TPSA) is 41.1 Å². The smallest absolute Gasteiger partial charge is 0.229 e. The van der Waals surface area contributed by atoms with E-state index >= 15 is 0 Å². The number of para-hydroxylation sites is 1. The number of hydrogen-bond donors (Lipinski definition) is 1. The molecule has 0 bridgehead atoms. The Balaban J connectivity index is 1.76. The molecule has 0 fully saturated rings. The summed E-state index contributed by atoms with van der Waals surface area (Å²) < 4.78 is 0. The highest BCUT2D eigenvalue weighted by Gasteiger charge is 2.07. The fourth-order valence-electron chi connectivity index (χ4n) is 2.63. The number of aromatic nitrogens is 2. The van der Waals surface area contributed by atoms with Gasteiger partial charge in [0, 0.05) is 25.5 Å². The normalized spacial score (nSPS) is 10.4. The average molecular weight is 318 g/mol. The number of aryl methyl sites for hydroxylation is 1. The molecule has 0 saturated heterocycles. The van der Waals surface area contributed by atoms with Gasteiger partial charge in [-0.05, 0) is 29.7 Å². The molecule has 1 heterocycles. The molecule has 0 amide bonds.